The van der Waals surface area contributed by atoms with Gasteiger partial charge in [0.25, 0.3) is 0 Å². The Hall–Kier alpha value is -2.93. The number of nitrogens with one attached hydrogen (secondary N) is 2. The van der Waals surface area contributed by atoms with E-state index >= 15 is 0 Å². The number of fused-ring (bicyclic) bond motifs is 1. The zero-order chi connectivity index (χ0) is 18.4. The highest BCUT2D eigenvalue weighted by atomic mass is 35.5. The fourth-order valence-corrected chi connectivity index (χ4v) is 3.51. The highest BCUT2D eigenvalue weighted by molar-refractivity contribution is 6.31. The van der Waals surface area contributed by atoms with E-state index in [0.29, 0.717) is 17.5 Å². The lowest BCUT2D eigenvalue weighted by molar-refractivity contribution is 0.415. The summed E-state index contributed by atoms with van der Waals surface area (Å²) in [4.78, 5) is 6.56. The minimum Gasteiger partial charge on any atom is -0.495 e. The molecular formula is C19H19ClN6O. The highest BCUT2D eigenvalue weighted by Gasteiger charge is 2.26. The van der Waals surface area contributed by atoms with Crippen LogP contribution in [-0.4, -0.2) is 26.9 Å². The first kappa shape index (κ1) is 16.3. The van der Waals surface area contributed by atoms with Crippen LogP contribution in [0.5, 0.6) is 5.75 Å². The zero-order valence-electron chi connectivity index (χ0n) is 14.8. The minimum atomic E-state index is 0.614. The molecule has 1 aromatic carbocycles. The lowest BCUT2D eigenvalue weighted by Crippen LogP contribution is -2.27. The second kappa shape index (κ2) is 6.35. The predicted molar refractivity (Wildman–Crippen MR) is 105 cm³/mol. The first-order chi connectivity index (χ1) is 13.2. The number of anilines is 2. The number of rotatable bonds is 5. The fourth-order valence-electron chi connectivity index (χ4n) is 3.35. The van der Waals surface area contributed by atoms with Gasteiger partial charge in [0.15, 0.2) is 5.82 Å². The Bertz CT molecular complexity index is 1020. The molecule has 27 heavy (non-hydrogen) atoms. The van der Waals surface area contributed by atoms with Crippen LogP contribution in [0.4, 0.5) is 11.5 Å². The maximum atomic E-state index is 6.22. The molecule has 0 spiro atoms. The summed E-state index contributed by atoms with van der Waals surface area (Å²) in [5.41, 5.74) is 2.08. The Morgan fingerprint density at radius 3 is 3.00 bits per heavy atom. The Kier molecular flexibility index (Phi) is 3.82. The van der Waals surface area contributed by atoms with Gasteiger partial charge < -0.3 is 15.0 Å². The van der Waals surface area contributed by atoms with Gasteiger partial charge in [-0.15, -0.1) is 0 Å². The van der Waals surface area contributed by atoms with E-state index in [4.69, 9.17) is 16.3 Å². The van der Waals surface area contributed by atoms with E-state index in [-0.39, 0.29) is 0 Å². The third-order valence-electron chi connectivity index (χ3n) is 4.89. The Balaban J connectivity index is 1.50. The number of methoxy groups -OCH3 is 1. The molecule has 3 heterocycles. The van der Waals surface area contributed by atoms with E-state index < -0.39 is 0 Å². The van der Waals surface area contributed by atoms with Gasteiger partial charge in [-0.2, -0.15) is 5.10 Å². The molecule has 1 aliphatic heterocycles. The first-order valence-corrected chi connectivity index (χ1v) is 9.26. The molecule has 1 saturated carbocycles. The van der Waals surface area contributed by atoms with E-state index in [0.717, 1.165) is 28.9 Å². The van der Waals surface area contributed by atoms with E-state index in [1.165, 1.54) is 18.5 Å². The van der Waals surface area contributed by atoms with Crippen LogP contribution in [0.1, 0.15) is 30.3 Å². The molecule has 1 aliphatic carbocycles. The van der Waals surface area contributed by atoms with Crippen molar-refractivity contribution >= 4 is 28.9 Å². The number of hydrogen-bond acceptors (Lipinski definition) is 5. The average Bonchev–Trinajstić information content (AvgIpc) is 3.23. The molecule has 0 bridgehead atoms. The monoisotopic (exact) mass is 382 g/mol. The smallest absolute Gasteiger partial charge is 0.153 e. The van der Waals surface area contributed by atoms with Crippen molar-refractivity contribution < 1.29 is 4.74 Å². The van der Waals surface area contributed by atoms with Crippen molar-refractivity contribution in [2.24, 2.45) is 0 Å². The summed E-state index contributed by atoms with van der Waals surface area (Å²) in [5, 5.41) is 11.6. The number of nitrogens with zero attached hydrogens (tertiary/aromatic N) is 4. The molecule has 1 fully saturated rings. The Morgan fingerprint density at radius 2 is 2.19 bits per heavy atom. The van der Waals surface area contributed by atoms with Gasteiger partial charge in [0.05, 0.1) is 19.3 Å². The summed E-state index contributed by atoms with van der Waals surface area (Å²) in [6, 6.07) is 7.66. The number of H-pyrrole nitrogens is 1. The Labute approximate surface area is 161 Å². The molecule has 0 unspecified atom stereocenters. The van der Waals surface area contributed by atoms with E-state index in [2.05, 4.69) is 31.5 Å². The van der Waals surface area contributed by atoms with Crippen molar-refractivity contribution in [2.45, 2.75) is 25.3 Å². The van der Waals surface area contributed by atoms with Gasteiger partial charge in [-0.25, -0.2) is 4.98 Å². The SMILES string of the molecule is COc1ccc(Cl)cc1N1C=C(Nc2cc(C3CC3)[nH]n2)n2ccnc2C1. The van der Waals surface area contributed by atoms with Crippen LogP contribution in [0.25, 0.3) is 5.82 Å². The van der Waals surface area contributed by atoms with Gasteiger partial charge in [-0.1, -0.05) is 11.6 Å². The topological polar surface area (TPSA) is 71.0 Å². The number of imidazole rings is 1. The molecule has 0 radical (unpaired) electrons. The number of aromatic nitrogens is 4. The summed E-state index contributed by atoms with van der Waals surface area (Å²) in [6.07, 6.45) is 8.23. The van der Waals surface area contributed by atoms with Crippen molar-refractivity contribution in [3.63, 3.8) is 0 Å². The molecule has 0 saturated heterocycles. The van der Waals surface area contributed by atoms with Crippen LogP contribution in [0.2, 0.25) is 5.02 Å². The minimum absolute atomic E-state index is 0.614. The molecule has 0 atom stereocenters. The summed E-state index contributed by atoms with van der Waals surface area (Å²) >= 11 is 6.22. The molecule has 8 heteroatoms. The lowest BCUT2D eigenvalue weighted by Gasteiger charge is -2.29. The van der Waals surface area contributed by atoms with Crippen LogP contribution in [-0.2, 0) is 6.54 Å². The van der Waals surface area contributed by atoms with Crippen molar-refractivity contribution in [1.82, 2.24) is 19.7 Å². The zero-order valence-corrected chi connectivity index (χ0v) is 15.6. The third kappa shape index (κ3) is 3.04. The third-order valence-corrected chi connectivity index (χ3v) is 5.12. The fraction of sp³-hybridized carbons (Fsp3) is 0.263. The number of halogens is 1. The second-order valence-corrected chi connectivity index (χ2v) is 7.22. The molecule has 3 aromatic rings. The molecule has 5 rings (SSSR count). The highest BCUT2D eigenvalue weighted by Crippen LogP contribution is 2.40. The van der Waals surface area contributed by atoms with Gasteiger partial charge in [0, 0.05) is 41.3 Å². The number of hydrogen-bond donors (Lipinski definition) is 2. The maximum absolute atomic E-state index is 6.22. The largest absolute Gasteiger partial charge is 0.495 e. The van der Waals surface area contributed by atoms with Gasteiger partial charge in [0.2, 0.25) is 0 Å². The van der Waals surface area contributed by atoms with Crippen LogP contribution < -0.4 is 15.0 Å². The van der Waals surface area contributed by atoms with Crippen LogP contribution in [0.3, 0.4) is 0 Å². The van der Waals surface area contributed by atoms with Crippen molar-refractivity contribution in [3.8, 4) is 5.75 Å². The molecule has 2 N–H and O–H groups in total. The number of ether oxygens (including phenoxy) is 1. The predicted octanol–water partition coefficient (Wildman–Crippen LogP) is 4.03. The normalized spacial score (nSPS) is 16.1. The van der Waals surface area contributed by atoms with Crippen molar-refractivity contribution in [3.05, 3.63) is 59.4 Å². The van der Waals surface area contributed by atoms with Crippen LogP contribution in [0.15, 0.2) is 42.9 Å². The number of aromatic amines is 1. The van der Waals surface area contributed by atoms with E-state index in [1.807, 2.05) is 35.2 Å². The molecule has 138 valence electrons. The standard InChI is InChI=1S/C19H19ClN6O/c1-27-16-5-4-13(20)8-15(16)25-10-18-21-6-7-26(18)19(11-25)22-17-9-14(23-24-17)12-2-3-12/h4-9,11-12H,2-3,10H2,1H3,(H2,22,23,24). The lowest BCUT2D eigenvalue weighted by atomic mass is 10.2. The van der Waals surface area contributed by atoms with Crippen LogP contribution in [0, 0.1) is 0 Å². The average molecular weight is 383 g/mol. The summed E-state index contributed by atoms with van der Waals surface area (Å²) in [5.74, 6) is 3.96. The quantitative estimate of drug-likeness (QED) is 0.697. The molecule has 7 nitrogen and oxygen atoms in total. The molecule has 2 aliphatic rings. The van der Waals surface area contributed by atoms with Crippen LogP contribution >= 0.6 is 11.6 Å². The maximum Gasteiger partial charge on any atom is 0.153 e. The summed E-state index contributed by atoms with van der Waals surface area (Å²) < 4.78 is 7.55. The van der Waals surface area contributed by atoms with Gasteiger partial charge in [0.1, 0.15) is 17.4 Å². The molecule has 2 aromatic heterocycles. The summed E-state index contributed by atoms with van der Waals surface area (Å²) in [6.45, 7) is 0.614. The first-order valence-electron chi connectivity index (χ1n) is 8.88. The second-order valence-electron chi connectivity index (χ2n) is 6.78. The molecule has 0 amide bonds. The van der Waals surface area contributed by atoms with E-state index in [1.54, 1.807) is 13.3 Å². The summed E-state index contributed by atoms with van der Waals surface area (Å²) in [7, 11) is 1.66. The Morgan fingerprint density at radius 1 is 1.30 bits per heavy atom. The molecular weight excluding hydrogens is 364 g/mol. The van der Waals surface area contributed by atoms with Gasteiger partial charge >= 0.3 is 0 Å². The van der Waals surface area contributed by atoms with Crippen molar-refractivity contribution in [2.75, 3.05) is 17.3 Å². The number of benzene rings is 1. The van der Waals surface area contributed by atoms with E-state index in [9.17, 15) is 0 Å². The van der Waals surface area contributed by atoms with Crippen molar-refractivity contribution in [1.29, 1.82) is 0 Å². The van der Waals surface area contributed by atoms with Gasteiger partial charge in [-0.05, 0) is 31.0 Å². The van der Waals surface area contributed by atoms with Gasteiger partial charge in [-0.3, -0.25) is 9.67 Å².